The smallest absolute Gasteiger partial charge is 0.238 e. The van der Waals surface area contributed by atoms with Crippen LogP contribution in [-0.4, -0.2) is 49.6 Å². The Morgan fingerprint density at radius 2 is 1.80 bits per heavy atom. The van der Waals surface area contributed by atoms with Crippen molar-refractivity contribution in [3.05, 3.63) is 18.2 Å². The molecule has 7 heteroatoms. The van der Waals surface area contributed by atoms with Gasteiger partial charge in [-0.25, -0.2) is 0 Å². The molecule has 0 bridgehead atoms. The molecule has 0 unspecified atom stereocenters. The minimum absolute atomic E-state index is 0.0702. The lowest BCUT2D eigenvalue weighted by Gasteiger charge is -2.29. The summed E-state index contributed by atoms with van der Waals surface area (Å²) in [4.78, 5) is 25.5. The molecule has 1 heterocycles. The van der Waals surface area contributed by atoms with Gasteiger partial charge in [-0.05, 0) is 51.9 Å². The predicted molar refractivity (Wildman–Crippen MR) is 95.8 cm³/mol. The molecular formula is C18H27N3O4. The van der Waals surface area contributed by atoms with E-state index in [4.69, 9.17) is 15.2 Å². The molecule has 138 valence electrons. The van der Waals surface area contributed by atoms with Gasteiger partial charge in [-0.3, -0.25) is 14.5 Å². The third kappa shape index (κ3) is 5.63. The van der Waals surface area contributed by atoms with Crippen LogP contribution in [0.2, 0.25) is 0 Å². The number of amides is 2. The van der Waals surface area contributed by atoms with Crippen LogP contribution in [0.3, 0.4) is 0 Å². The Kier molecular flexibility index (Phi) is 7.06. The van der Waals surface area contributed by atoms with Crippen LogP contribution < -0.4 is 20.5 Å². The molecule has 0 atom stereocenters. The first kappa shape index (κ1) is 19.1. The maximum absolute atomic E-state index is 12.3. The molecular weight excluding hydrogens is 322 g/mol. The van der Waals surface area contributed by atoms with Crippen molar-refractivity contribution in [3.63, 3.8) is 0 Å². The number of nitrogens with one attached hydrogen (secondary N) is 1. The van der Waals surface area contributed by atoms with Crippen LogP contribution in [0, 0.1) is 5.92 Å². The van der Waals surface area contributed by atoms with Gasteiger partial charge in [0.1, 0.15) is 0 Å². The minimum atomic E-state index is -0.248. The van der Waals surface area contributed by atoms with Crippen molar-refractivity contribution in [1.29, 1.82) is 0 Å². The van der Waals surface area contributed by atoms with E-state index in [0.717, 1.165) is 0 Å². The van der Waals surface area contributed by atoms with E-state index in [1.54, 1.807) is 18.2 Å². The summed E-state index contributed by atoms with van der Waals surface area (Å²) in [5, 5.41) is 2.88. The number of carbonyl (C=O) groups is 2. The highest BCUT2D eigenvalue weighted by Crippen LogP contribution is 2.30. The van der Waals surface area contributed by atoms with Gasteiger partial charge in [0, 0.05) is 17.7 Å². The van der Waals surface area contributed by atoms with E-state index in [1.807, 2.05) is 18.7 Å². The lowest BCUT2D eigenvalue weighted by atomic mass is 9.96. The lowest BCUT2D eigenvalue weighted by Crippen LogP contribution is -2.42. The summed E-state index contributed by atoms with van der Waals surface area (Å²) in [6, 6.07) is 5.36. The average Bonchev–Trinajstić information content (AvgIpc) is 2.58. The second-order valence-electron chi connectivity index (χ2n) is 6.03. The zero-order valence-corrected chi connectivity index (χ0v) is 14.9. The molecule has 1 aromatic rings. The van der Waals surface area contributed by atoms with Crippen molar-refractivity contribution < 1.29 is 19.1 Å². The summed E-state index contributed by atoms with van der Waals surface area (Å²) in [5.74, 6) is 0.866. The standard InChI is InChI=1S/C18H27N3O4/c1-3-24-15-6-5-14(11-16(15)25-4-2)20-17(22)12-21-9-7-13(8-10-21)18(19)23/h5-6,11,13H,3-4,7-10,12H2,1-2H3,(H2,19,23)(H,20,22). The van der Waals surface area contributed by atoms with E-state index in [0.29, 0.717) is 62.9 Å². The molecule has 1 aliphatic rings. The SMILES string of the molecule is CCOc1ccc(NC(=O)CN2CCC(C(N)=O)CC2)cc1OCC. The number of likely N-dealkylation sites (tertiary alicyclic amines) is 1. The highest BCUT2D eigenvalue weighted by atomic mass is 16.5. The largest absolute Gasteiger partial charge is 0.490 e. The van der Waals surface area contributed by atoms with E-state index in [9.17, 15) is 9.59 Å². The number of hydrogen-bond acceptors (Lipinski definition) is 5. The zero-order valence-electron chi connectivity index (χ0n) is 14.9. The number of ether oxygens (including phenoxy) is 2. The molecule has 0 aliphatic carbocycles. The Balaban J connectivity index is 1.90. The number of anilines is 1. The molecule has 1 aromatic carbocycles. The van der Waals surface area contributed by atoms with Crippen LogP contribution in [0.15, 0.2) is 18.2 Å². The molecule has 1 fully saturated rings. The van der Waals surface area contributed by atoms with Gasteiger partial charge in [0.2, 0.25) is 11.8 Å². The molecule has 0 radical (unpaired) electrons. The molecule has 7 nitrogen and oxygen atoms in total. The van der Waals surface area contributed by atoms with Crippen molar-refractivity contribution >= 4 is 17.5 Å². The van der Waals surface area contributed by atoms with Crippen LogP contribution in [0.1, 0.15) is 26.7 Å². The molecule has 2 amide bonds. The first-order valence-electron chi connectivity index (χ1n) is 8.74. The number of primary amides is 1. The number of piperidine rings is 1. The minimum Gasteiger partial charge on any atom is -0.490 e. The molecule has 2 rings (SSSR count). The molecule has 1 aliphatic heterocycles. The molecule has 1 saturated heterocycles. The fourth-order valence-electron chi connectivity index (χ4n) is 2.91. The number of nitrogens with zero attached hydrogens (tertiary/aromatic N) is 1. The number of rotatable bonds is 8. The van der Waals surface area contributed by atoms with Crippen molar-refractivity contribution in [3.8, 4) is 11.5 Å². The molecule has 0 aromatic heterocycles. The van der Waals surface area contributed by atoms with E-state index in [1.165, 1.54) is 0 Å². The van der Waals surface area contributed by atoms with E-state index in [2.05, 4.69) is 5.32 Å². The number of carbonyl (C=O) groups excluding carboxylic acids is 2. The second-order valence-corrected chi connectivity index (χ2v) is 6.03. The summed E-state index contributed by atoms with van der Waals surface area (Å²) in [6.07, 6.45) is 1.42. The molecule has 0 spiro atoms. The quantitative estimate of drug-likeness (QED) is 0.744. The maximum Gasteiger partial charge on any atom is 0.238 e. The topological polar surface area (TPSA) is 93.9 Å². The van der Waals surface area contributed by atoms with E-state index < -0.39 is 0 Å². The number of hydrogen-bond donors (Lipinski definition) is 2. The summed E-state index contributed by atoms with van der Waals surface area (Å²) in [6.45, 7) is 6.58. The van der Waals surface area contributed by atoms with Gasteiger partial charge in [-0.2, -0.15) is 0 Å². The molecule has 3 N–H and O–H groups in total. The maximum atomic E-state index is 12.3. The summed E-state index contributed by atoms with van der Waals surface area (Å²) >= 11 is 0. The van der Waals surface area contributed by atoms with Gasteiger partial charge in [0.25, 0.3) is 0 Å². The van der Waals surface area contributed by atoms with Crippen molar-refractivity contribution in [2.75, 3.05) is 38.2 Å². The number of benzene rings is 1. The Morgan fingerprint density at radius 3 is 2.40 bits per heavy atom. The summed E-state index contributed by atoms with van der Waals surface area (Å²) < 4.78 is 11.1. The molecule has 0 saturated carbocycles. The van der Waals surface area contributed by atoms with Gasteiger partial charge < -0.3 is 20.5 Å². The average molecular weight is 349 g/mol. The van der Waals surface area contributed by atoms with E-state index in [-0.39, 0.29) is 17.7 Å². The number of nitrogens with two attached hydrogens (primary N) is 1. The van der Waals surface area contributed by atoms with Crippen LogP contribution in [0.4, 0.5) is 5.69 Å². The first-order valence-corrected chi connectivity index (χ1v) is 8.74. The van der Waals surface area contributed by atoms with Crippen molar-refractivity contribution in [1.82, 2.24) is 4.90 Å². The van der Waals surface area contributed by atoms with Gasteiger partial charge in [-0.15, -0.1) is 0 Å². The van der Waals surface area contributed by atoms with Gasteiger partial charge in [-0.1, -0.05) is 0 Å². The highest BCUT2D eigenvalue weighted by molar-refractivity contribution is 5.92. The van der Waals surface area contributed by atoms with Gasteiger partial charge in [0.05, 0.1) is 19.8 Å². The first-order chi connectivity index (χ1) is 12.0. The Labute approximate surface area is 148 Å². The van der Waals surface area contributed by atoms with Gasteiger partial charge in [0.15, 0.2) is 11.5 Å². The lowest BCUT2D eigenvalue weighted by molar-refractivity contribution is -0.123. The third-order valence-electron chi connectivity index (χ3n) is 4.18. The summed E-state index contributed by atoms with van der Waals surface area (Å²) in [7, 11) is 0. The van der Waals surface area contributed by atoms with Crippen LogP contribution in [0.5, 0.6) is 11.5 Å². The van der Waals surface area contributed by atoms with Crippen LogP contribution in [-0.2, 0) is 9.59 Å². The zero-order chi connectivity index (χ0) is 18.2. The predicted octanol–water partition coefficient (Wildman–Crippen LogP) is 1.62. The van der Waals surface area contributed by atoms with E-state index >= 15 is 0 Å². The second kappa shape index (κ2) is 9.27. The Hall–Kier alpha value is -2.28. The van der Waals surface area contributed by atoms with Gasteiger partial charge >= 0.3 is 0 Å². The monoisotopic (exact) mass is 349 g/mol. The molecule has 25 heavy (non-hydrogen) atoms. The van der Waals surface area contributed by atoms with Crippen LogP contribution in [0.25, 0.3) is 0 Å². The summed E-state index contributed by atoms with van der Waals surface area (Å²) in [5.41, 5.74) is 6.00. The van der Waals surface area contributed by atoms with Crippen molar-refractivity contribution in [2.45, 2.75) is 26.7 Å². The third-order valence-corrected chi connectivity index (χ3v) is 4.18. The fourth-order valence-corrected chi connectivity index (χ4v) is 2.91. The Bertz CT molecular complexity index is 598. The highest BCUT2D eigenvalue weighted by Gasteiger charge is 2.24. The van der Waals surface area contributed by atoms with Crippen molar-refractivity contribution in [2.24, 2.45) is 11.7 Å². The van der Waals surface area contributed by atoms with Crippen LogP contribution >= 0.6 is 0 Å². The Morgan fingerprint density at radius 1 is 1.16 bits per heavy atom. The normalized spacial score (nSPS) is 15.6. The fraction of sp³-hybridized carbons (Fsp3) is 0.556.